The maximum absolute atomic E-state index is 13.1. The molecule has 0 aliphatic carbocycles. The zero-order valence-electron chi connectivity index (χ0n) is 18.6. The SMILES string of the molecule is Cc1cc(-c2nc(C)sc2CC(=O)N[C@H](c2ccc3c(c2)OCCO3)C(C)C)c(C)s1. The molecular formula is C24H28N2O3S2. The fourth-order valence-electron chi connectivity index (χ4n) is 3.92. The van der Waals surface area contributed by atoms with Crippen LogP contribution in [0.15, 0.2) is 24.3 Å². The van der Waals surface area contributed by atoms with Crippen molar-refractivity contribution in [1.29, 1.82) is 0 Å². The summed E-state index contributed by atoms with van der Waals surface area (Å²) in [4.78, 5) is 21.3. The first kappa shape index (κ1) is 21.8. The Hall–Kier alpha value is -2.38. The van der Waals surface area contributed by atoms with Gasteiger partial charge in [-0.1, -0.05) is 19.9 Å². The smallest absolute Gasteiger partial charge is 0.225 e. The van der Waals surface area contributed by atoms with Crippen LogP contribution in [0.4, 0.5) is 0 Å². The summed E-state index contributed by atoms with van der Waals surface area (Å²) in [5.41, 5.74) is 3.11. The number of hydrogen-bond donors (Lipinski definition) is 1. The quantitative estimate of drug-likeness (QED) is 0.523. The molecule has 31 heavy (non-hydrogen) atoms. The first-order valence-electron chi connectivity index (χ1n) is 10.5. The van der Waals surface area contributed by atoms with Crippen LogP contribution in [0.3, 0.4) is 0 Å². The van der Waals surface area contributed by atoms with E-state index in [0.717, 1.165) is 38.2 Å². The lowest BCUT2D eigenvalue weighted by Gasteiger charge is -2.25. The number of rotatable bonds is 6. The standard InChI is InChI=1S/C24H28N2O3S2/c1-13(2)23(17-6-7-19-20(11-17)29-9-8-28-19)26-22(27)12-21-24(25-16(5)31-21)18-10-14(3)30-15(18)4/h6-7,10-11,13,23H,8-9,12H2,1-5H3,(H,26,27)/t23-/m0/s1. The van der Waals surface area contributed by atoms with E-state index < -0.39 is 0 Å². The number of hydrogen-bond acceptors (Lipinski definition) is 6. The van der Waals surface area contributed by atoms with Crippen LogP contribution in [0.2, 0.25) is 0 Å². The molecule has 0 spiro atoms. The number of thiazole rings is 1. The highest BCUT2D eigenvalue weighted by atomic mass is 32.1. The molecule has 1 aromatic carbocycles. The lowest BCUT2D eigenvalue weighted by Crippen LogP contribution is -2.33. The summed E-state index contributed by atoms with van der Waals surface area (Å²) in [6.45, 7) is 11.6. The molecule has 1 atom stereocenters. The largest absolute Gasteiger partial charge is 0.486 e. The van der Waals surface area contributed by atoms with Crippen molar-refractivity contribution >= 4 is 28.6 Å². The number of carbonyl (C=O) groups excluding carboxylic acids is 1. The fourth-order valence-corrected chi connectivity index (χ4v) is 5.80. The average molecular weight is 457 g/mol. The Bertz CT molecular complexity index is 1100. The molecule has 0 saturated carbocycles. The first-order valence-corrected chi connectivity index (χ1v) is 12.2. The number of thiophene rings is 1. The third-order valence-electron chi connectivity index (χ3n) is 5.33. The van der Waals surface area contributed by atoms with Gasteiger partial charge in [0.05, 0.1) is 23.2 Å². The van der Waals surface area contributed by atoms with E-state index in [2.05, 4.69) is 39.1 Å². The molecule has 4 rings (SSSR count). The molecule has 3 heterocycles. The Kier molecular flexibility index (Phi) is 6.34. The van der Waals surface area contributed by atoms with Gasteiger partial charge in [-0.2, -0.15) is 0 Å². The molecule has 0 unspecified atom stereocenters. The molecule has 164 valence electrons. The van der Waals surface area contributed by atoms with Crippen molar-refractivity contribution in [3.05, 3.63) is 49.5 Å². The van der Waals surface area contributed by atoms with E-state index in [0.29, 0.717) is 19.6 Å². The third kappa shape index (κ3) is 4.77. The Morgan fingerprint density at radius 1 is 1.10 bits per heavy atom. The van der Waals surface area contributed by atoms with Crippen LogP contribution in [0.5, 0.6) is 11.5 Å². The molecule has 1 amide bonds. The van der Waals surface area contributed by atoms with E-state index in [-0.39, 0.29) is 17.9 Å². The topological polar surface area (TPSA) is 60.5 Å². The van der Waals surface area contributed by atoms with Gasteiger partial charge in [-0.25, -0.2) is 4.98 Å². The fraction of sp³-hybridized carbons (Fsp3) is 0.417. The molecule has 0 bridgehead atoms. The molecule has 0 fully saturated rings. The van der Waals surface area contributed by atoms with Gasteiger partial charge in [0.25, 0.3) is 0 Å². The third-order valence-corrected chi connectivity index (χ3v) is 7.27. The Balaban J connectivity index is 1.54. The van der Waals surface area contributed by atoms with E-state index in [1.807, 2.05) is 25.1 Å². The summed E-state index contributed by atoms with van der Waals surface area (Å²) in [6, 6.07) is 7.99. The highest BCUT2D eigenvalue weighted by molar-refractivity contribution is 7.13. The number of nitrogens with one attached hydrogen (secondary N) is 1. The lowest BCUT2D eigenvalue weighted by atomic mass is 9.95. The van der Waals surface area contributed by atoms with Crippen LogP contribution in [-0.2, 0) is 11.2 Å². The molecule has 7 heteroatoms. The number of amides is 1. The second kappa shape index (κ2) is 9.01. The van der Waals surface area contributed by atoms with E-state index in [1.165, 1.54) is 9.75 Å². The van der Waals surface area contributed by atoms with Crippen molar-refractivity contribution in [2.75, 3.05) is 13.2 Å². The molecule has 1 aliphatic rings. The van der Waals surface area contributed by atoms with Gasteiger partial charge in [0.1, 0.15) is 13.2 Å². The maximum atomic E-state index is 13.1. The van der Waals surface area contributed by atoms with Crippen LogP contribution >= 0.6 is 22.7 Å². The first-order chi connectivity index (χ1) is 14.8. The summed E-state index contributed by atoms with van der Waals surface area (Å²) in [5.74, 6) is 1.74. The highest BCUT2D eigenvalue weighted by Crippen LogP contribution is 2.36. The summed E-state index contributed by atoms with van der Waals surface area (Å²) in [5, 5.41) is 4.22. The second-order valence-electron chi connectivity index (χ2n) is 8.20. The molecule has 0 saturated heterocycles. The number of aryl methyl sites for hydroxylation is 3. The zero-order chi connectivity index (χ0) is 22.1. The summed E-state index contributed by atoms with van der Waals surface area (Å²) < 4.78 is 11.4. The number of fused-ring (bicyclic) bond motifs is 1. The molecule has 3 aromatic rings. The minimum Gasteiger partial charge on any atom is -0.486 e. The van der Waals surface area contributed by atoms with E-state index in [9.17, 15) is 4.79 Å². The van der Waals surface area contributed by atoms with Crippen LogP contribution in [0, 0.1) is 26.7 Å². The number of aromatic nitrogens is 1. The minimum atomic E-state index is -0.106. The van der Waals surface area contributed by atoms with Gasteiger partial charge >= 0.3 is 0 Å². The van der Waals surface area contributed by atoms with Crippen molar-refractivity contribution in [2.24, 2.45) is 5.92 Å². The zero-order valence-corrected chi connectivity index (χ0v) is 20.2. The molecule has 1 aliphatic heterocycles. The molecule has 0 radical (unpaired) electrons. The number of ether oxygens (including phenoxy) is 2. The number of nitrogens with zero attached hydrogens (tertiary/aromatic N) is 1. The monoisotopic (exact) mass is 456 g/mol. The van der Waals surface area contributed by atoms with E-state index in [1.54, 1.807) is 22.7 Å². The van der Waals surface area contributed by atoms with Gasteiger partial charge in [0, 0.05) is 20.2 Å². The maximum Gasteiger partial charge on any atom is 0.225 e. The van der Waals surface area contributed by atoms with Gasteiger partial charge in [0.2, 0.25) is 5.91 Å². The van der Waals surface area contributed by atoms with Crippen LogP contribution in [-0.4, -0.2) is 24.1 Å². The normalized spacial score (nSPS) is 14.0. The van der Waals surface area contributed by atoms with Gasteiger partial charge in [-0.15, -0.1) is 22.7 Å². The molecule has 1 N–H and O–H groups in total. The number of benzene rings is 1. The van der Waals surface area contributed by atoms with Crippen LogP contribution < -0.4 is 14.8 Å². The van der Waals surface area contributed by atoms with E-state index in [4.69, 9.17) is 14.5 Å². The summed E-state index contributed by atoms with van der Waals surface area (Å²) in [7, 11) is 0. The van der Waals surface area contributed by atoms with Crippen LogP contribution in [0.1, 0.15) is 45.1 Å². The average Bonchev–Trinajstić information content (AvgIpc) is 3.25. The van der Waals surface area contributed by atoms with E-state index >= 15 is 0 Å². The predicted molar refractivity (Wildman–Crippen MR) is 126 cm³/mol. The second-order valence-corrected chi connectivity index (χ2v) is 10.9. The number of carbonyl (C=O) groups is 1. The summed E-state index contributed by atoms with van der Waals surface area (Å²) in [6.07, 6.45) is 0.322. The lowest BCUT2D eigenvalue weighted by molar-refractivity contribution is -0.121. The molecule has 2 aromatic heterocycles. The van der Waals surface area contributed by atoms with Gasteiger partial charge < -0.3 is 14.8 Å². The Morgan fingerprint density at radius 3 is 2.52 bits per heavy atom. The summed E-state index contributed by atoms with van der Waals surface area (Å²) >= 11 is 3.37. The van der Waals surface area contributed by atoms with Crippen molar-refractivity contribution in [1.82, 2.24) is 10.3 Å². The van der Waals surface area contributed by atoms with Crippen molar-refractivity contribution in [3.8, 4) is 22.8 Å². The van der Waals surface area contributed by atoms with Crippen molar-refractivity contribution in [2.45, 2.75) is 47.1 Å². The minimum absolute atomic E-state index is 0.00286. The molecule has 5 nitrogen and oxygen atoms in total. The Labute approximate surface area is 191 Å². The predicted octanol–water partition coefficient (Wildman–Crippen LogP) is 5.62. The highest BCUT2D eigenvalue weighted by Gasteiger charge is 2.23. The van der Waals surface area contributed by atoms with Crippen molar-refractivity contribution < 1.29 is 14.3 Å². The van der Waals surface area contributed by atoms with Crippen LogP contribution in [0.25, 0.3) is 11.3 Å². The molecular weight excluding hydrogens is 428 g/mol. The van der Waals surface area contributed by atoms with Gasteiger partial charge in [-0.3, -0.25) is 4.79 Å². The van der Waals surface area contributed by atoms with Gasteiger partial charge in [-0.05, 0) is 50.5 Å². The Morgan fingerprint density at radius 2 is 1.84 bits per heavy atom. The van der Waals surface area contributed by atoms with Crippen molar-refractivity contribution in [3.63, 3.8) is 0 Å². The van der Waals surface area contributed by atoms with Gasteiger partial charge in [0.15, 0.2) is 11.5 Å².